The normalized spacial score (nSPS) is 22.2. The Morgan fingerprint density at radius 1 is 1.11 bits per heavy atom. The van der Waals surface area contributed by atoms with Gasteiger partial charge < -0.3 is 11.1 Å². The maximum atomic E-state index is 12.0. The second kappa shape index (κ2) is 6.74. The van der Waals surface area contributed by atoms with Crippen molar-refractivity contribution in [1.82, 2.24) is 5.32 Å². The van der Waals surface area contributed by atoms with Crippen LogP contribution in [0.3, 0.4) is 0 Å². The van der Waals surface area contributed by atoms with Gasteiger partial charge in [-0.25, -0.2) is 0 Å². The number of carbonyl (C=O) groups excluding carboxylic acids is 1. The minimum atomic E-state index is 0.218. The zero-order chi connectivity index (χ0) is 14.5. The van der Waals surface area contributed by atoms with Crippen molar-refractivity contribution in [2.75, 3.05) is 6.54 Å². The Bertz CT molecular complexity index is 281. The van der Waals surface area contributed by atoms with E-state index in [1.165, 1.54) is 6.42 Å². The standard InChI is InChI=1S/C16H32N2O/c1-15(2)10-13(11-16(3,4)12-15)18-14(19)8-6-5-7-9-17/h13H,5-12,17H2,1-4H3,(H,18,19). The predicted octanol–water partition coefficient (Wildman–Crippen LogP) is 3.23. The van der Waals surface area contributed by atoms with Gasteiger partial charge in [0.1, 0.15) is 0 Å². The van der Waals surface area contributed by atoms with E-state index >= 15 is 0 Å². The number of carbonyl (C=O) groups is 1. The molecule has 1 amide bonds. The first kappa shape index (κ1) is 16.5. The van der Waals surface area contributed by atoms with Gasteiger partial charge in [0.2, 0.25) is 5.91 Å². The highest BCUT2D eigenvalue weighted by Crippen LogP contribution is 2.45. The number of hydrogen-bond donors (Lipinski definition) is 2. The predicted molar refractivity (Wildman–Crippen MR) is 80.9 cm³/mol. The fraction of sp³-hybridized carbons (Fsp3) is 0.938. The number of amides is 1. The molecule has 0 heterocycles. The van der Waals surface area contributed by atoms with E-state index in [2.05, 4.69) is 33.0 Å². The summed E-state index contributed by atoms with van der Waals surface area (Å²) in [5.41, 5.74) is 6.12. The summed E-state index contributed by atoms with van der Waals surface area (Å²) in [6.07, 6.45) is 7.14. The molecule has 0 unspecified atom stereocenters. The van der Waals surface area contributed by atoms with Gasteiger partial charge >= 0.3 is 0 Å². The summed E-state index contributed by atoms with van der Waals surface area (Å²) >= 11 is 0. The molecule has 0 aromatic heterocycles. The molecule has 0 atom stereocenters. The summed E-state index contributed by atoms with van der Waals surface area (Å²) in [7, 11) is 0. The third kappa shape index (κ3) is 6.42. The lowest BCUT2D eigenvalue weighted by molar-refractivity contribution is -0.122. The fourth-order valence-corrected chi connectivity index (χ4v) is 3.85. The van der Waals surface area contributed by atoms with Gasteiger partial charge in [-0.1, -0.05) is 34.1 Å². The van der Waals surface area contributed by atoms with E-state index in [-0.39, 0.29) is 5.91 Å². The van der Waals surface area contributed by atoms with Crippen molar-refractivity contribution in [2.45, 2.75) is 78.7 Å². The Morgan fingerprint density at radius 2 is 1.68 bits per heavy atom. The minimum Gasteiger partial charge on any atom is -0.353 e. The van der Waals surface area contributed by atoms with Gasteiger partial charge in [0.25, 0.3) is 0 Å². The summed E-state index contributed by atoms with van der Waals surface area (Å²) in [5, 5.41) is 3.24. The van der Waals surface area contributed by atoms with E-state index in [0.29, 0.717) is 23.3 Å². The number of nitrogens with one attached hydrogen (secondary N) is 1. The highest BCUT2D eigenvalue weighted by Gasteiger charge is 2.38. The summed E-state index contributed by atoms with van der Waals surface area (Å²) < 4.78 is 0. The number of unbranched alkanes of at least 4 members (excludes halogenated alkanes) is 2. The molecule has 0 radical (unpaired) electrons. The van der Waals surface area contributed by atoms with Crippen LogP contribution in [0.2, 0.25) is 0 Å². The van der Waals surface area contributed by atoms with Crippen LogP contribution in [0.25, 0.3) is 0 Å². The molecule has 112 valence electrons. The topological polar surface area (TPSA) is 55.1 Å². The molecule has 1 rings (SSSR count). The molecule has 19 heavy (non-hydrogen) atoms. The molecule has 3 N–H and O–H groups in total. The number of nitrogens with two attached hydrogens (primary N) is 1. The van der Waals surface area contributed by atoms with Crippen LogP contribution in [-0.2, 0) is 4.79 Å². The molecule has 0 saturated heterocycles. The van der Waals surface area contributed by atoms with Crippen molar-refractivity contribution >= 4 is 5.91 Å². The van der Waals surface area contributed by atoms with Crippen LogP contribution in [0.4, 0.5) is 0 Å². The SMILES string of the molecule is CC1(C)CC(NC(=O)CCCCCN)CC(C)(C)C1. The largest absolute Gasteiger partial charge is 0.353 e. The van der Waals surface area contributed by atoms with Crippen molar-refractivity contribution in [3.8, 4) is 0 Å². The van der Waals surface area contributed by atoms with Crippen molar-refractivity contribution in [1.29, 1.82) is 0 Å². The van der Waals surface area contributed by atoms with Crippen molar-refractivity contribution in [3.05, 3.63) is 0 Å². The van der Waals surface area contributed by atoms with Crippen LogP contribution < -0.4 is 11.1 Å². The van der Waals surface area contributed by atoms with Crippen LogP contribution in [0.5, 0.6) is 0 Å². The zero-order valence-corrected chi connectivity index (χ0v) is 13.2. The third-order valence-electron chi connectivity index (χ3n) is 4.03. The molecule has 0 aromatic rings. The van der Waals surface area contributed by atoms with E-state index < -0.39 is 0 Å². The van der Waals surface area contributed by atoms with Gasteiger partial charge in [-0.3, -0.25) is 4.79 Å². The van der Waals surface area contributed by atoms with Gasteiger partial charge in [0, 0.05) is 12.5 Å². The molecule has 0 aromatic carbocycles. The quantitative estimate of drug-likeness (QED) is 0.727. The highest BCUT2D eigenvalue weighted by atomic mass is 16.1. The van der Waals surface area contributed by atoms with Gasteiger partial charge in [0.15, 0.2) is 0 Å². The van der Waals surface area contributed by atoms with Gasteiger partial charge in [0.05, 0.1) is 0 Å². The molecule has 3 nitrogen and oxygen atoms in total. The zero-order valence-electron chi connectivity index (χ0n) is 13.2. The Hall–Kier alpha value is -0.570. The number of hydrogen-bond acceptors (Lipinski definition) is 2. The van der Waals surface area contributed by atoms with E-state index in [0.717, 1.165) is 38.6 Å². The Morgan fingerprint density at radius 3 is 2.21 bits per heavy atom. The number of rotatable bonds is 6. The third-order valence-corrected chi connectivity index (χ3v) is 4.03. The van der Waals surface area contributed by atoms with Gasteiger partial charge in [-0.2, -0.15) is 0 Å². The lowest BCUT2D eigenvalue weighted by Crippen LogP contribution is -2.45. The Balaban J connectivity index is 2.37. The van der Waals surface area contributed by atoms with Crippen LogP contribution >= 0.6 is 0 Å². The maximum Gasteiger partial charge on any atom is 0.220 e. The summed E-state index contributed by atoms with van der Waals surface area (Å²) in [5.74, 6) is 0.218. The highest BCUT2D eigenvalue weighted by molar-refractivity contribution is 5.76. The van der Waals surface area contributed by atoms with E-state index in [9.17, 15) is 4.79 Å². The summed E-state index contributed by atoms with van der Waals surface area (Å²) in [6, 6.07) is 0.348. The van der Waals surface area contributed by atoms with Crippen molar-refractivity contribution in [2.24, 2.45) is 16.6 Å². The smallest absolute Gasteiger partial charge is 0.220 e. The molecule has 3 heteroatoms. The van der Waals surface area contributed by atoms with E-state index in [1.807, 2.05) is 0 Å². The maximum absolute atomic E-state index is 12.0. The first-order valence-corrected chi connectivity index (χ1v) is 7.74. The van der Waals surface area contributed by atoms with Gasteiger partial charge in [-0.05, 0) is 49.5 Å². The molecule has 0 spiro atoms. The lowest BCUT2D eigenvalue weighted by Gasteiger charge is -2.45. The van der Waals surface area contributed by atoms with Crippen molar-refractivity contribution in [3.63, 3.8) is 0 Å². The second-order valence-electron chi connectivity index (χ2n) is 7.78. The second-order valence-corrected chi connectivity index (χ2v) is 7.78. The Kier molecular flexibility index (Phi) is 5.84. The van der Waals surface area contributed by atoms with E-state index in [4.69, 9.17) is 5.73 Å². The minimum absolute atomic E-state index is 0.218. The molecule has 0 bridgehead atoms. The molecule has 1 aliphatic rings. The molecular formula is C16H32N2O. The molecular weight excluding hydrogens is 236 g/mol. The van der Waals surface area contributed by atoms with Crippen LogP contribution in [-0.4, -0.2) is 18.5 Å². The molecule has 0 aliphatic heterocycles. The molecule has 1 aliphatic carbocycles. The first-order valence-electron chi connectivity index (χ1n) is 7.74. The van der Waals surface area contributed by atoms with Crippen LogP contribution in [0.15, 0.2) is 0 Å². The monoisotopic (exact) mass is 268 g/mol. The Labute approximate surface area is 118 Å². The lowest BCUT2D eigenvalue weighted by atomic mass is 9.63. The molecule has 1 fully saturated rings. The average Bonchev–Trinajstić information content (AvgIpc) is 2.19. The summed E-state index contributed by atoms with van der Waals surface area (Å²) in [4.78, 5) is 12.0. The van der Waals surface area contributed by atoms with Crippen LogP contribution in [0, 0.1) is 10.8 Å². The van der Waals surface area contributed by atoms with Crippen LogP contribution in [0.1, 0.15) is 72.6 Å². The first-order chi connectivity index (χ1) is 8.74. The van der Waals surface area contributed by atoms with Crippen molar-refractivity contribution < 1.29 is 4.79 Å². The van der Waals surface area contributed by atoms with E-state index in [1.54, 1.807) is 0 Å². The summed E-state index contributed by atoms with van der Waals surface area (Å²) in [6.45, 7) is 9.98. The fourth-order valence-electron chi connectivity index (χ4n) is 3.85. The van der Waals surface area contributed by atoms with Gasteiger partial charge in [-0.15, -0.1) is 0 Å². The average molecular weight is 268 g/mol. The molecule has 1 saturated carbocycles.